The van der Waals surface area contributed by atoms with Gasteiger partial charge >= 0.3 is 0 Å². The average molecular weight is 239 g/mol. The van der Waals surface area contributed by atoms with Gasteiger partial charge in [0.15, 0.2) is 5.82 Å². The molecular formula is C9H13N5OS. The summed E-state index contributed by atoms with van der Waals surface area (Å²) in [7, 11) is 0. The Morgan fingerprint density at radius 1 is 1.56 bits per heavy atom. The zero-order valence-electron chi connectivity index (χ0n) is 8.96. The van der Waals surface area contributed by atoms with Gasteiger partial charge in [0.1, 0.15) is 5.01 Å². The summed E-state index contributed by atoms with van der Waals surface area (Å²) >= 11 is 1.50. The zero-order chi connectivity index (χ0) is 11.1. The van der Waals surface area contributed by atoms with Gasteiger partial charge in [0.25, 0.3) is 0 Å². The Balaban J connectivity index is 2.04. The Kier molecular flexibility index (Phi) is 2.38. The summed E-state index contributed by atoms with van der Waals surface area (Å²) in [5.74, 6) is 1.22. The molecule has 86 valence electrons. The Morgan fingerprint density at radius 3 is 3.12 bits per heavy atom. The summed E-state index contributed by atoms with van der Waals surface area (Å²) in [6.07, 6.45) is 0.992. The minimum Gasteiger partial charge on any atom is -0.381 e. The highest BCUT2D eigenvalue weighted by molar-refractivity contribution is 7.16. The number of hydrogen-bond donors (Lipinski definition) is 1. The van der Waals surface area contributed by atoms with Gasteiger partial charge in [-0.05, 0) is 13.3 Å². The van der Waals surface area contributed by atoms with Crippen molar-refractivity contribution in [3.63, 3.8) is 0 Å². The second kappa shape index (κ2) is 3.76. The molecule has 16 heavy (non-hydrogen) atoms. The molecule has 3 heterocycles. The first-order chi connectivity index (χ1) is 7.75. The number of nitrogens with zero attached hydrogens (tertiary/aromatic N) is 4. The molecule has 0 aromatic carbocycles. The molecule has 1 aliphatic heterocycles. The van der Waals surface area contributed by atoms with Gasteiger partial charge in [0, 0.05) is 12.5 Å². The van der Waals surface area contributed by atoms with Crippen LogP contribution in [0.2, 0.25) is 0 Å². The van der Waals surface area contributed by atoms with Crippen LogP contribution in [-0.4, -0.2) is 33.0 Å². The summed E-state index contributed by atoms with van der Waals surface area (Å²) in [6.45, 7) is 3.43. The van der Waals surface area contributed by atoms with Crippen LogP contribution in [0.15, 0.2) is 0 Å². The molecular weight excluding hydrogens is 226 g/mol. The molecule has 2 aromatic rings. The largest absolute Gasteiger partial charge is 0.381 e. The van der Waals surface area contributed by atoms with Crippen LogP contribution in [-0.2, 0) is 4.74 Å². The highest BCUT2D eigenvalue weighted by atomic mass is 32.1. The zero-order valence-corrected chi connectivity index (χ0v) is 9.78. The van der Waals surface area contributed by atoms with Gasteiger partial charge < -0.3 is 10.5 Å². The van der Waals surface area contributed by atoms with Crippen LogP contribution in [0, 0.1) is 0 Å². The lowest BCUT2D eigenvalue weighted by atomic mass is 10.1. The van der Waals surface area contributed by atoms with Crippen molar-refractivity contribution in [2.75, 3.05) is 13.2 Å². The van der Waals surface area contributed by atoms with Crippen molar-refractivity contribution in [3.05, 3.63) is 10.8 Å². The molecule has 1 aliphatic rings. The Bertz CT molecular complexity index is 499. The minimum absolute atomic E-state index is 0.0561. The van der Waals surface area contributed by atoms with Crippen molar-refractivity contribution in [1.29, 1.82) is 0 Å². The standard InChI is InChI=1S/C9H13N5OS/c1-5(10)8-13-14-7(6-2-3-15-4-6)11-12-9(14)16-8/h5-6H,2-4,10H2,1H3. The maximum atomic E-state index is 5.80. The lowest BCUT2D eigenvalue weighted by molar-refractivity contribution is 0.193. The number of nitrogens with two attached hydrogens (primary N) is 1. The number of fused-ring (bicyclic) bond motifs is 1. The Labute approximate surface area is 96.4 Å². The summed E-state index contributed by atoms with van der Waals surface area (Å²) in [4.78, 5) is 0.814. The van der Waals surface area contributed by atoms with Crippen LogP contribution in [0.3, 0.4) is 0 Å². The van der Waals surface area contributed by atoms with Gasteiger partial charge in [0.2, 0.25) is 4.96 Å². The van der Waals surface area contributed by atoms with Crippen LogP contribution >= 0.6 is 11.3 Å². The van der Waals surface area contributed by atoms with E-state index in [9.17, 15) is 0 Å². The van der Waals surface area contributed by atoms with Crippen molar-refractivity contribution in [2.24, 2.45) is 5.73 Å². The maximum absolute atomic E-state index is 5.80. The van der Waals surface area contributed by atoms with E-state index in [0.29, 0.717) is 12.5 Å². The predicted molar refractivity (Wildman–Crippen MR) is 59.4 cm³/mol. The van der Waals surface area contributed by atoms with E-state index in [-0.39, 0.29) is 6.04 Å². The van der Waals surface area contributed by atoms with Crippen LogP contribution < -0.4 is 5.73 Å². The van der Waals surface area contributed by atoms with Gasteiger partial charge in [-0.1, -0.05) is 11.3 Å². The number of hydrogen-bond acceptors (Lipinski definition) is 6. The molecule has 2 atom stereocenters. The summed E-state index contributed by atoms with van der Waals surface area (Å²) < 4.78 is 7.16. The van der Waals surface area contributed by atoms with E-state index in [2.05, 4.69) is 15.3 Å². The van der Waals surface area contributed by atoms with Gasteiger partial charge in [-0.25, -0.2) is 0 Å². The monoisotopic (exact) mass is 239 g/mol. The van der Waals surface area contributed by atoms with Gasteiger partial charge in [-0.3, -0.25) is 0 Å². The number of aromatic nitrogens is 4. The molecule has 1 saturated heterocycles. The molecule has 0 saturated carbocycles. The van der Waals surface area contributed by atoms with E-state index in [1.807, 2.05) is 11.4 Å². The van der Waals surface area contributed by atoms with E-state index in [1.54, 1.807) is 0 Å². The highest BCUT2D eigenvalue weighted by Crippen LogP contribution is 2.26. The second-order valence-electron chi connectivity index (χ2n) is 4.04. The number of rotatable bonds is 2. The van der Waals surface area contributed by atoms with Crippen molar-refractivity contribution >= 4 is 16.3 Å². The third-order valence-corrected chi connectivity index (χ3v) is 3.81. The SMILES string of the molecule is CC(N)c1nn2c(C3CCOC3)nnc2s1. The highest BCUT2D eigenvalue weighted by Gasteiger charge is 2.25. The third-order valence-electron chi connectivity index (χ3n) is 2.71. The van der Waals surface area contributed by atoms with Crippen LogP contribution in [0.5, 0.6) is 0 Å². The van der Waals surface area contributed by atoms with Crippen molar-refractivity contribution in [3.8, 4) is 0 Å². The maximum Gasteiger partial charge on any atom is 0.234 e. The molecule has 6 nitrogen and oxygen atoms in total. The summed E-state index contributed by atoms with van der Waals surface area (Å²) in [6, 6.07) is -0.0561. The molecule has 3 rings (SSSR count). The second-order valence-corrected chi connectivity index (χ2v) is 5.03. The molecule has 7 heteroatoms. The van der Waals surface area contributed by atoms with E-state index >= 15 is 0 Å². The first-order valence-electron chi connectivity index (χ1n) is 5.31. The van der Waals surface area contributed by atoms with Crippen molar-refractivity contribution < 1.29 is 4.74 Å². The quantitative estimate of drug-likeness (QED) is 0.835. The van der Waals surface area contributed by atoms with E-state index in [4.69, 9.17) is 10.5 Å². The molecule has 2 aromatic heterocycles. The molecule has 0 bridgehead atoms. The molecule has 2 unspecified atom stereocenters. The molecule has 1 fully saturated rings. The topological polar surface area (TPSA) is 78.3 Å². The first-order valence-corrected chi connectivity index (χ1v) is 6.12. The smallest absolute Gasteiger partial charge is 0.234 e. The normalized spacial score (nSPS) is 23.0. The Morgan fingerprint density at radius 2 is 2.44 bits per heavy atom. The van der Waals surface area contributed by atoms with E-state index < -0.39 is 0 Å². The summed E-state index contributed by atoms with van der Waals surface area (Å²) in [5, 5.41) is 13.6. The number of ether oxygens (including phenoxy) is 1. The first kappa shape index (κ1) is 10.1. The van der Waals surface area contributed by atoms with Gasteiger partial charge in [-0.2, -0.15) is 9.61 Å². The fourth-order valence-electron chi connectivity index (χ4n) is 1.82. The molecule has 0 aliphatic carbocycles. The minimum atomic E-state index is -0.0561. The molecule has 0 spiro atoms. The van der Waals surface area contributed by atoms with Gasteiger partial charge in [0.05, 0.1) is 12.6 Å². The van der Waals surface area contributed by atoms with E-state index in [0.717, 1.165) is 28.8 Å². The molecule has 0 amide bonds. The molecule has 0 radical (unpaired) electrons. The van der Waals surface area contributed by atoms with Crippen LogP contribution in [0.4, 0.5) is 0 Å². The lowest BCUT2D eigenvalue weighted by Gasteiger charge is -2.02. The fraction of sp³-hybridized carbons (Fsp3) is 0.667. The van der Waals surface area contributed by atoms with Gasteiger partial charge in [-0.15, -0.1) is 10.2 Å². The van der Waals surface area contributed by atoms with Crippen LogP contribution in [0.1, 0.15) is 36.1 Å². The van der Waals surface area contributed by atoms with Crippen molar-refractivity contribution in [1.82, 2.24) is 19.8 Å². The lowest BCUT2D eigenvalue weighted by Crippen LogP contribution is -2.08. The Hall–Kier alpha value is -1.05. The van der Waals surface area contributed by atoms with Crippen molar-refractivity contribution in [2.45, 2.75) is 25.3 Å². The predicted octanol–water partition coefficient (Wildman–Crippen LogP) is 0.709. The molecule has 2 N–H and O–H groups in total. The fourth-order valence-corrected chi connectivity index (χ4v) is 2.62. The van der Waals surface area contributed by atoms with Crippen LogP contribution in [0.25, 0.3) is 4.96 Å². The van der Waals surface area contributed by atoms with E-state index in [1.165, 1.54) is 11.3 Å². The summed E-state index contributed by atoms with van der Waals surface area (Å²) in [5.41, 5.74) is 5.80. The average Bonchev–Trinajstić information content (AvgIpc) is 2.92. The third kappa shape index (κ3) is 1.51.